The minimum atomic E-state index is -4.08. The Hall–Kier alpha value is -2.00. The summed E-state index contributed by atoms with van der Waals surface area (Å²) < 4.78 is 41.2. The average Bonchev–Trinajstić information content (AvgIpc) is 2.55. The molecule has 2 aromatic rings. The standard InChI is InChI=1S/C19H24FN3O3S.ClH/c1-19(2,3)23-27(25,26)17-12-14(9-10-15(17)20)22-18(24)16(21)11-13-7-5-4-6-8-13;/h4-10,12,16,23H,11,21H2,1-3H3,(H,22,24);1H/t16-;/m0./s1. The summed E-state index contributed by atoms with van der Waals surface area (Å²) >= 11 is 0. The summed E-state index contributed by atoms with van der Waals surface area (Å²) in [6.45, 7) is 4.95. The van der Waals surface area contributed by atoms with Gasteiger partial charge in [0.2, 0.25) is 15.9 Å². The fourth-order valence-corrected chi connectivity index (χ4v) is 3.96. The summed E-state index contributed by atoms with van der Waals surface area (Å²) in [6.07, 6.45) is 0.324. The smallest absolute Gasteiger partial charge is 0.244 e. The van der Waals surface area contributed by atoms with Crippen LogP contribution in [0.3, 0.4) is 0 Å². The Bertz CT molecular complexity index is 916. The Kier molecular flexibility index (Phi) is 8.13. The summed E-state index contributed by atoms with van der Waals surface area (Å²) in [4.78, 5) is 11.8. The molecule has 154 valence electrons. The van der Waals surface area contributed by atoms with Gasteiger partial charge in [-0.05, 0) is 51.0 Å². The van der Waals surface area contributed by atoms with Gasteiger partial charge < -0.3 is 11.1 Å². The predicted octanol–water partition coefficient (Wildman–Crippen LogP) is 2.83. The van der Waals surface area contributed by atoms with Crippen LogP contribution in [0.5, 0.6) is 0 Å². The summed E-state index contributed by atoms with van der Waals surface area (Å²) in [5.74, 6) is -1.39. The topological polar surface area (TPSA) is 101 Å². The highest BCUT2D eigenvalue weighted by Crippen LogP contribution is 2.21. The second-order valence-corrected chi connectivity index (χ2v) is 8.94. The van der Waals surface area contributed by atoms with E-state index in [2.05, 4.69) is 10.0 Å². The van der Waals surface area contributed by atoms with Crippen molar-refractivity contribution in [2.45, 2.75) is 43.7 Å². The molecule has 0 aliphatic rings. The lowest BCUT2D eigenvalue weighted by Crippen LogP contribution is -2.41. The molecule has 0 bridgehead atoms. The van der Waals surface area contributed by atoms with Crippen molar-refractivity contribution in [2.75, 3.05) is 5.32 Å². The van der Waals surface area contributed by atoms with Crippen LogP contribution in [0.25, 0.3) is 0 Å². The van der Waals surface area contributed by atoms with Gasteiger partial charge in [0.05, 0.1) is 6.04 Å². The molecule has 0 unspecified atom stereocenters. The average molecular weight is 430 g/mol. The van der Waals surface area contributed by atoms with E-state index in [1.54, 1.807) is 20.8 Å². The van der Waals surface area contributed by atoms with Crippen LogP contribution in [0, 0.1) is 5.82 Å². The highest BCUT2D eigenvalue weighted by atomic mass is 35.5. The van der Waals surface area contributed by atoms with Gasteiger partial charge in [0, 0.05) is 11.2 Å². The molecule has 4 N–H and O–H groups in total. The van der Waals surface area contributed by atoms with Crippen LogP contribution < -0.4 is 15.8 Å². The zero-order valence-electron chi connectivity index (χ0n) is 15.9. The minimum absolute atomic E-state index is 0. The van der Waals surface area contributed by atoms with Crippen molar-refractivity contribution < 1.29 is 17.6 Å². The van der Waals surface area contributed by atoms with Gasteiger partial charge in [-0.3, -0.25) is 4.79 Å². The molecule has 0 radical (unpaired) electrons. The minimum Gasteiger partial charge on any atom is -0.325 e. The Balaban J connectivity index is 0.00000392. The molecular formula is C19H25ClFN3O3S. The first kappa shape index (κ1) is 24.0. The van der Waals surface area contributed by atoms with Crippen LogP contribution >= 0.6 is 12.4 Å². The van der Waals surface area contributed by atoms with E-state index in [4.69, 9.17) is 5.73 Å². The summed E-state index contributed by atoms with van der Waals surface area (Å²) in [7, 11) is -4.08. The van der Waals surface area contributed by atoms with Crippen molar-refractivity contribution >= 4 is 34.0 Å². The van der Waals surface area contributed by atoms with Gasteiger partial charge in [0.25, 0.3) is 0 Å². The zero-order chi connectivity index (χ0) is 20.2. The third-order valence-electron chi connectivity index (χ3n) is 3.56. The highest BCUT2D eigenvalue weighted by molar-refractivity contribution is 7.89. The van der Waals surface area contributed by atoms with Gasteiger partial charge in [0.1, 0.15) is 10.7 Å². The molecule has 2 aromatic carbocycles. The zero-order valence-corrected chi connectivity index (χ0v) is 17.5. The second-order valence-electron chi connectivity index (χ2n) is 7.29. The van der Waals surface area contributed by atoms with Crippen LogP contribution in [-0.2, 0) is 21.2 Å². The van der Waals surface area contributed by atoms with Crippen LogP contribution in [0.4, 0.5) is 10.1 Å². The van der Waals surface area contributed by atoms with E-state index in [0.29, 0.717) is 6.42 Å². The number of carbonyl (C=O) groups is 1. The molecule has 0 aliphatic heterocycles. The van der Waals surface area contributed by atoms with E-state index < -0.39 is 38.2 Å². The molecule has 1 amide bonds. The molecule has 0 saturated heterocycles. The number of sulfonamides is 1. The Morgan fingerprint density at radius 3 is 2.32 bits per heavy atom. The lowest BCUT2D eigenvalue weighted by atomic mass is 10.1. The lowest BCUT2D eigenvalue weighted by Gasteiger charge is -2.21. The quantitative estimate of drug-likeness (QED) is 0.657. The normalized spacial score (nSPS) is 12.8. The number of amides is 1. The van der Waals surface area contributed by atoms with Gasteiger partial charge in [0.15, 0.2) is 0 Å². The second kappa shape index (κ2) is 9.47. The molecule has 1 atom stereocenters. The molecule has 6 nitrogen and oxygen atoms in total. The first-order valence-electron chi connectivity index (χ1n) is 8.42. The monoisotopic (exact) mass is 429 g/mol. The van der Waals surface area contributed by atoms with E-state index in [9.17, 15) is 17.6 Å². The Morgan fingerprint density at radius 1 is 1.14 bits per heavy atom. The molecule has 0 aromatic heterocycles. The number of benzene rings is 2. The number of anilines is 1. The Labute approximate surface area is 171 Å². The fraction of sp³-hybridized carbons (Fsp3) is 0.316. The lowest BCUT2D eigenvalue weighted by molar-refractivity contribution is -0.117. The Morgan fingerprint density at radius 2 is 1.75 bits per heavy atom. The molecule has 2 rings (SSSR count). The third kappa shape index (κ3) is 6.87. The summed E-state index contributed by atoms with van der Waals surface area (Å²) in [5.41, 5.74) is 6.19. The van der Waals surface area contributed by atoms with Crippen LogP contribution in [0.1, 0.15) is 26.3 Å². The number of nitrogens with one attached hydrogen (secondary N) is 2. The molecule has 9 heteroatoms. The van der Waals surface area contributed by atoms with Gasteiger partial charge in [-0.1, -0.05) is 30.3 Å². The predicted molar refractivity (Wildman–Crippen MR) is 110 cm³/mol. The van der Waals surface area contributed by atoms with Gasteiger partial charge in [-0.15, -0.1) is 12.4 Å². The number of hydrogen-bond acceptors (Lipinski definition) is 4. The number of nitrogens with two attached hydrogens (primary N) is 1. The maximum atomic E-state index is 14.1. The van der Waals surface area contributed by atoms with E-state index in [-0.39, 0.29) is 18.1 Å². The molecule has 0 saturated carbocycles. The number of carbonyl (C=O) groups excluding carboxylic acids is 1. The number of halogens is 2. The van der Waals surface area contributed by atoms with Gasteiger partial charge >= 0.3 is 0 Å². The van der Waals surface area contributed by atoms with Crippen LogP contribution in [0.15, 0.2) is 53.4 Å². The van der Waals surface area contributed by atoms with E-state index in [0.717, 1.165) is 17.7 Å². The van der Waals surface area contributed by atoms with Crippen molar-refractivity contribution in [3.05, 3.63) is 59.9 Å². The number of hydrogen-bond donors (Lipinski definition) is 3. The highest BCUT2D eigenvalue weighted by Gasteiger charge is 2.25. The van der Waals surface area contributed by atoms with Crippen LogP contribution in [-0.4, -0.2) is 25.9 Å². The first-order chi connectivity index (χ1) is 12.5. The first-order valence-corrected chi connectivity index (χ1v) is 9.90. The molecule has 0 heterocycles. The largest absolute Gasteiger partial charge is 0.325 e. The summed E-state index contributed by atoms with van der Waals surface area (Å²) in [6, 6.07) is 11.8. The van der Waals surface area contributed by atoms with Crippen molar-refractivity contribution in [3.8, 4) is 0 Å². The van der Waals surface area contributed by atoms with Crippen molar-refractivity contribution in [1.82, 2.24) is 4.72 Å². The van der Waals surface area contributed by atoms with E-state index >= 15 is 0 Å². The molecular weight excluding hydrogens is 405 g/mol. The van der Waals surface area contributed by atoms with Gasteiger partial charge in [-0.2, -0.15) is 0 Å². The maximum Gasteiger partial charge on any atom is 0.244 e. The molecule has 0 aliphatic carbocycles. The van der Waals surface area contributed by atoms with Crippen molar-refractivity contribution in [2.24, 2.45) is 5.73 Å². The molecule has 28 heavy (non-hydrogen) atoms. The van der Waals surface area contributed by atoms with Crippen molar-refractivity contribution in [1.29, 1.82) is 0 Å². The third-order valence-corrected chi connectivity index (χ3v) is 5.34. The van der Waals surface area contributed by atoms with Gasteiger partial charge in [-0.25, -0.2) is 17.5 Å². The van der Waals surface area contributed by atoms with Crippen molar-refractivity contribution in [3.63, 3.8) is 0 Å². The maximum absolute atomic E-state index is 14.1. The fourth-order valence-electron chi connectivity index (χ4n) is 2.44. The van der Waals surface area contributed by atoms with E-state index in [1.807, 2.05) is 30.3 Å². The number of rotatable bonds is 6. The molecule has 0 spiro atoms. The SMILES string of the molecule is CC(C)(C)NS(=O)(=O)c1cc(NC(=O)[C@@H](N)Cc2ccccc2)ccc1F.Cl. The van der Waals surface area contributed by atoms with E-state index in [1.165, 1.54) is 6.07 Å². The van der Waals surface area contributed by atoms with Crippen LogP contribution in [0.2, 0.25) is 0 Å². The molecule has 0 fully saturated rings. The summed E-state index contributed by atoms with van der Waals surface area (Å²) in [5, 5.41) is 2.54.